The molecule has 0 aromatic rings. The highest BCUT2D eigenvalue weighted by molar-refractivity contribution is 5.92. The molecular formula is C18H32N4O7. The molecule has 1 atom stereocenters. The standard InChI is InChI=1S/C18H32N4O7/c1-7-28-14(25)10-19-12(23)8-20-16(26)15(11(2)3)22-13(24)9-21-17(27)29-18(4,5)6/h11,15H,7-10H2,1-6H3,(H,19,23)(H,20,26)(H,21,27)(H,22,24)/t15-/m0/s1. The third-order valence-corrected chi connectivity index (χ3v) is 3.22. The van der Waals surface area contributed by atoms with Gasteiger partial charge in [-0.15, -0.1) is 0 Å². The molecule has 0 rings (SSSR count). The molecule has 0 unspecified atom stereocenters. The van der Waals surface area contributed by atoms with Gasteiger partial charge in [-0.25, -0.2) is 4.79 Å². The van der Waals surface area contributed by atoms with Crippen molar-refractivity contribution in [3.8, 4) is 0 Å². The summed E-state index contributed by atoms with van der Waals surface area (Å²) < 4.78 is 9.69. The lowest BCUT2D eigenvalue weighted by Crippen LogP contribution is -2.53. The zero-order valence-electron chi connectivity index (χ0n) is 17.8. The van der Waals surface area contributed by atoms with Crippen LogP contribution in [0.2, 0.25) is 0 Å². The molecule has 0 aliphatic carbocycles. The Morgan fingerprint density at radius 2 is 1.45 bits per heavy atom. The van der Waals surface area contributed by atoms with Crippen molar-refractivity contribution in [3.63, 3.8) is 0 Å². The lowest BCUT2D eigenvalue weighted by Gasteiger charge is -2.22. The van der Waals surface area contributed by atoms with E-state index in [4.69, 9.17) is 4.74 Å². The fourth-order valence-electron chi connectivity index (χ4n) is 1.95. The van der Waals surface area contributed by atoms with Crippen LogP contribution in [-0.2, 0) is 28.7 Å². The Balaban J connectivity index is 4.45. The summed E-state index contributed by atoms with van der Waals surface area (Å²) in [6.07, 6.45) is -0.753. The molecule has 0 bridgehead atoms. The summed E-state index contributed by atoms with van der Waals surface area (Å²) in [5, 5.41) is 9.49. The quantitative estimate of drug-likeness (QED) is 0.349. The van der Waals surface area contributed by atoms with E-state index in [-0.39, 0.29) is 32.2 Å². The number of ether oxygens (including phenoxy) is 2. The summed E-state index contributed by atoms with van der Waals surface area (Å²) in [5.41, 5.74) is -0.700. The van der Waals surface area contributed by atoms with E-state index in [0.29, 0.717) is 0 Å². The number of amides is 4. The first kappa shape index (κ1) is 26.1. The molecule has 0 fully saturated rings. The van der Waals surface area contributed by atoms with Gasteiger partial charge in [-0.05, 0) is 33.6 Å². The second kappa shape index (κ2) is 12.6. The van der Waals surface area contributed by atoms with E-state index in [9.17, 15) is 24.0 Å². The molecule has 11 heteroatoms. The number of alkyl carbamates (subject to hydrolysis) is 1. The lowest BCUT2D eigenvalue weighted by molar-refractivity contribution is -0.143. The molecule has 0 aromatic carbocycles. The van der Waals surface area contributed by atoms with Crippen LogP contribution in [-0.4, -0.2) is 67.7 Å². The Morgan fingerprint density at radius 1 is 0.862 bits per heavy atom. The van der Waals surface area contributed by atoms with Crippen molar-refractivity contribution in [2.75, 3.05) is 26.2 Å². The van der Waals surface area contributed by atoms with Crippen LogP contribution in [0.15, 0.2) is 0 Å². The third-order valence-electron chi connectivity index (χ3n) is 3.22. The molecule has 0 aliphatic rings. The second-order valence-corrected chi connectivity index (χ2v) is 7.44. The summed E-state index contributed by atoms with van der Waals surface area (Å²) in [7, 11) is 0. The van der Waals surface area contributed by atoms with E-state index in [1.54, 1.807) is 41.5 Å². The van der Waals surface area contributed by atoms with Crippen molar-refractivity contribution >= 4 is 29.8 Å². The molecule has 0 saturated heterocycles. The molecule has 0 aromatic heterocycles. The Morgan fingerprint density at radius 3 is 1.97 bits per heavy atom. The van der Waals surface area contributed by atoms with Crippen molar-refractivity contribution in [1.82, 2.24) is 21.3 Å². The van der Waals surface area contributed by atoms with Gasteiger partial charge in [0.1, 0.15) is 24.7 Å². The van der Waals surface area contributed by atoms with Gasteiger partial charge in [0.05, 0.1) is 13.2 Å². The first-order valence-electron chi connectivity index (χ1n) is 9.32. The Bertz CT molecular complexity index is 600. The van der Waals surface area contributed by atoms with Gasteiger partial charge in [-0.3, -0.25) is 19.2 Å². The van der Waals surface area contributed by atoms with Crippen LogP contribution < -0.4 is 21.3 Å². The number of carbonyl (C=O) groups excluding carboxylic acids is 5. The maximum atomic E-state index is 12.3. The maximum Gasteiger partial charge on any atom is 0.408 e. The SMILES string of the molecule is CCOC(=O)CNC(=O)CNC(=O)[C@@H](NC(=O)CNC(=O)OC(C)(C)C)C(C)C. The van der Waals surface area contributed by atoms with Gasteiger partial charge in [0, 0.05) is 0 Å². The molecule has 0 radical (unpaired) electrons. The average molecular weight is 416 g/mol. The monoisotopic (exact) mass is 416 g/mol. The van der Waals surface area contributed by atoms with Crippen LogP contribution in [0.1, 0.15) is 41.5 Å². The third kappa shape index (κ3) is 13.0. The number of carbonyl (C=O) groups is 5. The fraction of sp³-hybridized carbons (Fsp3) is 0.722. The highest BCUT2D eigenvalue weighted by Gasteiger charge is 2.25. The average Bonchev–Trinajstić information content (AvgIpc) is 2.59. The summed E-state index contributed by atoms with van der Waals surface area (Å²) >= 11 is 0. The van der Waals surface area contributed by atoms with Gasteiger partial charge in [0.2, 0.25) is 17.7 Å². The number of hydrogen-bond donors (Lipinski definition) is 4. The number of rotatable bonds is 10. The van der Waals surface area contributed by atoms with Gasteiger partial charge in [-0.2, -0.15) is 0 Å². The highest BCUT2D eigenvalue weighted by atomic mass is 16.6. The molecule has 4 N–H and O–H groups in total. The van der Waals surface area contributed by atoms with E-state index in [2.05, 4.69) is 26.0 Å². The summed E-state index contributed by atoms with van der Waals surface area (Å²) in [5.74, 6) is -2.60. The first-order valence-corrected chi connectivity index (χ1v) is 9.32. The summed E-state index contributed by atoms with van der Waals surface area (Å²) in [6, 6.07) is -0.916. The minimum absolute atomic E-state index is 0.198. The second-order valence-electron chi connectivity index (χ2n) is 7.44. The van der Waals surface area contributed by atoms with Gasteiger partial charge >= 0.3 is 12.1 Å². The van der Waals surface area contributed by atoms with Crippen molar-refractivity contribution in [2.24, 2.45) is 5.92 Å². The summed E-state index contributed by atoms with van der Waals surface area (Å²) in [4.78, 5) is 58.7. The molecule has 29 heavy (non-hydrogen) atoms. The molecule has 11 nitrogen and oxygen atoms in total. The smallest absolute Gasteiger partial charge is 0.408 e. The van der Waals surface area contributed by atoms with Crippen LogP contribution in [0.25, 0.3) is 0 Å². The van der Waals surface area contributed by atoms with Gasteiger partial charge in [0.25, 0.3) is 0 Å². The first-order chi connectivity index (χ1) is 13.4. The van der Waals surface area contributed by atoms with Crippen LogP contribution in [0.4, 0.5) is 4.79 Å². The van der Waals surface area contributed by atoms with Crippen LogP contribution in [0.3, 0.4) is 0 Å². The number of esters is 1. The predicted octanol–water partition coefficient (Wildman–Crippen LogP) is -0.553. The molecule has 166 valence electrons. The highest BCUT2D eigenvalue weighted by Crippen LogP contribution is 2.06. The van der Waals surface area contributed by atoms with E-state index < -0.39 is 41.4 Å². The molecule has 4 amide bonds. The van der Waals surface area contributed by atoms with Crippen molar-refractivity contribution in [1.29, 1.82) is 0 Å². The van der Waals surface area contributed by atoms with Gasteiger partial charge in [-0.1, -0.05) is 13.8 Å². The van der Waals surface area contributed by atoms with Crippen LogP contribution >= 0.6 is 0 Å². The molecule has 0 spiro atoms. The van der Waals surface area contributed by atoms with Crippen LogP contribution in [0.5, 0.6) is 0 Å². The zero-order chi connectivity index (χ0) is 22.6. The minimum Gasteiger partial charge on any atom is -0.465 e. The summed E-state index contributed by atoms with van der Waals surface area (Å²) in [6.45, 7) is 9.30. The van der Waals surface area contributed by atoms with E-state index in [1.807, 2.05) is 0 Å². The van der Waals surface area contributed by atoms with Crippen molar-refractivity contribution in [2.45, 2.75) is 53.2 Å². The number of nitrogens with one attached hydrogen (secondary N) is 4. The van der Waals surface area contributed by atoms with Gasteiger partial charge < -0.3 is 30.7 Å². The molecule has 0 heterocycles. The lowest BCUT2D eigenvalue weighted by atomic mass is 10.0. The molecule has 0 saturated carbocycles. The minimum atomic E-state index is -0.916. The molecule has 0 aliphatic heterocycles. The predicted molar refractivity (Wildman–Crippen MR) is 104 cm³/mol. The van der Waals surface area contributed by atoms with E-state index >= 15 is 0 Å². The largest absolute Gasteiger partial charge is 0.465 e. The van der Waals surface area contributed by atoms with Crippen LogP contribution in [0, 0.1) is 5.92 Å². The van der Waals surface area contributed by atoms with Crippen molar-refractivity contribution < 1.29 is 33.4 Å². The van der Waals surface area contributed by atoms with E-state index in [1.165, 1.54) is 0 Å². The van der Waals surface area contributed by atoms with Crippen molar-refractivity contribution in [3.05, 3.63) is 0 Å². The Hall–Kier alpha value is -2.85. The molecular weight excluding hydrogens is 384 g/mol. The van der Waals surface area contributed by atoms with E-state index in [0.717, 1.165) is 0 Å². The Kier molecular flexibility index (Phi) is 11.3. The fourth-order valence-corrected chi connectivity index (χ4v) is 1.95. The van der Waals surface area contributed by atoms with Gasteiger partial charge in [0.15, 0.2) is 0 Å². The Labute approximate surface area is 170 Å². The maximum absolute atomic E-state index is 12.3. The number of hydrogen-bond acceptors (Lipinski definition) is 7. The zero-order valence-corrected chi connectivity index (χ0v) is 17.8. The topological polar surface area (TPSA) is 152 Å². The normalized spacial score (nSPS) is 11.8.